The summed E-state index contributed by atoms with van der Waals surface area (Å²) in [6, 6.07) is 6.46. The lowest BCUT2D eigenvalue weighted by atomic mass is 10.2. The lowest BCUT2D eigenvalue weighted by Gasteiger charge is -2.40. The minimum atomic E-state index is -0.551. The van der Waals surface area contributed by atoms with Gasteiger partial charge >= 0.3 is 11.8 Å². The number of pyridine rings is 2. The van der Waals surface area contributed by atoms with E-state index >= 15 is 0 Å². The first-order valence-corrected chi connectivity index (χ1v) is 9.71. The third kappa shape index (κ3) is 5.13. The summed E-state index contributed by atoms with van der Waals surface area (Å²) >= 11 is 0. The minimum absolute atomic E-state index is 0.0333. The molecule has 1 aliphatic rings. The van der Waals surface area contributed by atoms with E-state index in [-0.39, 0.29) is 23.6 Å². The summed E-state index contributed by atoms with van der Waals surface area (Å²) < 4.78 is 5.46. The Hall–Kier alpha value is -3.43. The first kappa shape index (κ1) is 21.3. The van der Waals surface area contributed by atoms with Crippen molar-refractivity contribution >= 4 is 29.1 Å². The predicted octanol–water partition coefficient (Wildman–Crippen LogP) is 3.57. The van der Waals surface area contributed by atoms with Crippen LogP contribution in [-0.2, 0) is 4.74 Å². The average molecular weight is 414 g/mol. The molecule has 1 atom stereocenters. The lowest BCUT2D eigenvalue weighted by molar-refractivity contribution is -0.384. The normalized spacial score (nSPS) is 16.9. The summed E-state index contributed by atoms with van der Waals surface area (Å²) in [5, 5.41) is 14.4. The van der Waals surface area contributed by atoms with E-state index in [1.54, 1.807) is 35.5 Å². The molecule has 0 spiro atoms. The fourth-order valence-corrected chi connectivity index (χ4v) is 3.20. The van der Waals surface area contributed by atoms with Crippen molar-refractivity contribution in [1.29, 1.82) is 0 Å². The van der Waals surface area contributed by atoms with Crippen molar-refractivity contribution in [1.82, 2.24) is 14.9 Å². The molecular weight excluding hydrogens is 388 g/mol. The van der Waals surface area contributed by atoms with Crippen LogP contribution >= 0.6 is 0 Å². The number of nitrogens with one attached hydrogen (secondary N) is 1. The molecule has 0 saturated carbocycles. The molecule has 1 fully saturated rings. The van der Waals surface area contributed by atoms with Crippen LogP contribution in [0, 0.1) is 10.1 Å². The van der Waals surface area contributed by atoms with Crippen LogP contribution in [0.25, 0.3) is 0 Å². The third-order valence-corrected chi connectivity index (χ3v) is 4.57. The number of hydrogen-bond donors (Lipinski definition) is 1. The van der Waals surface area contributed by atoms with E-state index in [2.05, 4.69) is 15.3 Å². The van der Waals surface area contributed by atoms with Crippen LogP contribution in [0.4, 0.5) is 27.8 Å². The van der Waals surface area contributed by atoms with Gasteiger partial charge in [0.25, 0.3) is 0 Å². The molecule has 10 heteroatoms. The molecule has 160 valence electrons. The first-order valence-electron chi connectivity index (χ1n) is 9.71. The monoisotopic (exact) mass is 414 g/mol. The molecule has 3 heterocycles. The number of anilines is 3. The molecule has 3 rings (SSSR count). The number of piperazine rings is 1. The molecule has 0 aliphatic carbocycles. The number of carbonyl (C=O) groups excluding carboxylic acids is 1. The largest absolute Gasteiger partial charge is 0.444 e. The quantitative estimate of drug-likeness (QED) is 0.596. The zero-order chi connectivity index (χ0) is 21.9. The third-order valence-electron chi connectivity index (χ3n) is 4.57. The predicted molar refractivity (Wildman–Crippen MR) is 113 cm³/mol. The molecule has 0 radical (unpaired) electrons. The summed E-state index contributed by atoms with van der Waals surface area (Å²) in [5.74, 6) is 0.763. The van der Waals surface area contributed by atoms with Gasteiger partial charge < -0.3 is 19.9 Å². The molecule has 1 aliphatic heterocycles. The van der Waals surface area contributed by atoms with E-state index in [0.29, 0.717) is 31.1 Å². The Bertz CT molecular complexity index is 915. The Balaban J connectivity index is 1.78. The Kier molecular flexibility index (Phi) is 6.04. The fourth-order valence-electron chi connectivity index (χ4n) is 3.20. The van der Waals surface area contributed by atoms with E-state index in [9.17, 15) is 14.9 Å². The number of amides is 1. The lowest BCUT2D eigenvalue weighted by Crippen LogP contribution is -2.54. The van der Waals surface area contributed by atoms with E-state index < -0.39 is 10.5 Å². The van der Waals surface area contributed by atoms with Gasteiger partial charge in [0.1, 0.15) is 11.4 Å². The molecule has 0 unspecified atom stereocenters. The van der Waals surface area contributed by atoms with E-state index in [0.717, 1.165) is 0 Å². The van der Waals surface area contributed by atoms with Crippen LogP contribution in [0.5, 0.6) is 0 Å². The minimum Gasteiger partial charge on any atom is -0.444 e. The van der Waals surface area contributed by atoms with Gasteiger partial charge in [-0.2, -0.15) is 0 Å². The van der Waals surface area contributed by atoms with Gasteiger partial charge in [-0.25, -0.2) is 9.78 Å². The molecular formula is C20H26N6O4. The average Bonchev–Trinajstić information content (AvgIpc) is 2.67. The van der Waals surface area contributed by atoms with Crippen LogP contribution in [0.3, 0.4) is 0 Å². The number of nitrogens with zero attached hydrogens (tertiary/aromatic N) is 5. The molecule has 2 aromatic rings. The molecule has 10 nitrogen and oxygen atoms in total. The summed E-state index contributed by atoms with van der Waals surface area (Å²) in [6.07, 6.45) is 2.84. The maximum absolute atomic E-state index is 12.4. The molecule has 1 saturated heterocycles. The van der Waals surface area contributed by atoms with Gasteiger partial charge in [-0.05, 0) is 45.9 Å². The maximum Gasteiger partial charge on any atom is 0.410 e. The second-order valence-corrected chi connectivity index (χ2v) is 8.12. The SMILES string of the molecule is C[C@@H]1CN(C(=O)OC(C)(C)C)CCN1c1ccc([N+](=O)[O-])c(Nc2ccncc2)n1. The molecule has 2 aromatic heterocycles. The van der Waals surface area contributed by atoms with Crippen molar-refractivity contribution in [3.05, 3.63) is 46.8 Å². The number of aromatic nitrogens is 2. The highest BCUT2D eigenvalue weighted by Gasteiger charge is 2.31. The molecule has 30 heavy (non-hydrogen) atoms. The van der Waals surface area contributed by atoms with Crippen molar-refractivity contribution in [2.24, 2.45) is 0 Å². The van der Waals surface area contributed by atoms with Gasteiger partial charge in [0.2, 0.25) is 5.82 Å². The van der Waals surface area contributed by atoms with Crippen LogP contribution in [0.2, 0.25) is 0 Å². The number of rotatable bonds is 4. The molecule has 0 bridgehead atoms. The summed E-state index contributed by atoms with van der Waals surface area (Å²) in [6.45, 7) is 8.98. The first-order chi connectivity index (χ1) is 14.1. The van der Waals surface area contributed by atoms with Crippen LogP contribution < -0.4 is 10.2 Å². The Labute approximate surface area is 175 Å². The standard InChI is InChI=1S/C20H26N6O4/c1-14-13-24(19(27)30-20(2,3)4)11-12-25(14)17-6-5-16(26(28)29)18(23-17)22-15-7-9-21-10-8-15/h5-10,14H,11-13H2,1-4H3,(H,21,22,23)/t14-/m1/s1. The highest BCUT2D eigenvalue weighted by atomic mass is 16.6. The highest BCUT2D eigenvalue weighted by Crippen LogP contribution is 2.30. The second kappa shape index (κ2) is 8.52. The van der Waals surface area contributed by atoms with E-state index in [4.69, 9.17) is 4.74 Å². The van der Waals surface area contributed by atoms with Gasteiger partial charge in [0, 0.05) is 49.8 Å². The Morgan fingerprint density at radius 3 is 2.53 bits per heavy atom. The maximum atomic E-state index is 12.4. The summed E-state index contributed by atoms with van der Waals surface area (Å²) in [5.41, 5.74) is -0.0126. The van der Waals surface area contributed by atoms with Gasteiger partial charge in [-0.15, -0.1) is 0 Å². The number of carbonyl (C=O) groups is 1. The zero-order valence-corrected chi connectivity index (χ0v) is 17.5. The second-order valence-electron chi connectivity index (χ2n) is 8.12. The highest BCUT2D eigenvalue weighted by molar-refractivity contribution is 5.70. The zero-order valence-electron chi connectivity index (χ0n) is 17.5. The van der Waals surface area contributed by atoms with Crippen LogP contribution in [-0.4, -0.2) is 57.2 Å². The van der Waals surface area contributed by atoms with Crippen molar-refractivity contribution in [3.8, 4) is 0 Å². The topological polar surface area (TPSA) is 114 Å². The van der Waals surface area contributed by atoms with Gasteiger partial charge in [0.15, 0.2) is 0 Å². The summed E-state index contributed by atoms with van der Waals surface area (Å²) in [7, 11) is 0. The molecule has 0 aromatic carbocycles. The Morgan fingerprint density at radius 1 is 1.23 bits per heavy atom. The molecule has 1 N–H and O–H groups in total. The van der Waals surface area contributed by atoms with Gasteiger partial charge in [-0.1, -0.05) is 0 Å². The fraction of sp³-hybridized carbons (Fsp3) is 0.450. The van der Waals surface area contributed by atoms with Crippen molar-refractivity contribution in [2.75, 3.05) is 29.9 Å². The van der Waals surface area contributed by atoms with Crippen LogP contribution in [0.1, 0.15) is 27.7 Å². The van der Waals surface area contributed by atoms with Crippen molar-refractivity contribution in [2.45, 2.75) is 39.3 Å². The van der Waals surface area contributed by atoms with Crippen molar-refractivity contribution < 1.29 is 14.5 Å². The number of hydrogen-bond acceptors (Lipinski definition) is 8. The number of nitro groups is 1. The Morgan fingerprint density at radius 2 is 1.93 bits per heavy atom. The van der Waals surface area contributed by atoms with Crippen LogP contribution in [0.15, 0.2) is 36.7 Å². The smallest absolute Gasteiger partial charge is 0.410 e. The van der Waals surface area contributed by atoms with Gasteiger partial charge in [-0.3, -0.25) is 15.1 Å². The van der Waals surface area contributed by atoms with E-state index in [1.807, 2.05) is 32.6 Å². The molecule has 1 amide bonds. The van der Waals surface area contributed by atoms with Crippen molar-refractivity contribution in [3.63, 3.8) is 0 Å². The number of ether oxygens (including phenoxy) is 1. The summed E-state index contributed by atoms with van der Waals surface area (Å²) in [4.78, 5) is 35.5. The van der Waals surface area contributed by atoms with Gasteiger partial charge in [0.05, 0.1) is 4.92 Å². The van der Waals surface area contributed by atoms with E-state index in [1.165, 1.54) is 6.07 Å².